The normalized spacial score (nSPS) is 23.9. The average Bonchev–Trinajstić information content (AvgIpc) is 2.57. The van der Waals surface area contributed by atoms with Gasteiger partial charge < -0.3 is 15.4 Å². The quantitative estimate of drug-likeness (QED) is 0.861. The number of ether oxygens (including phenoxy) is 1. The second-order valence-corrected chi connectivity index (χ2v) is 4.78. The Balaban J connectivity index is 2.33. The Morgan fingerprint density at radius 1 is 1.41 bits per heavy atom. The molecule has 2 rings (SSSR count). The summed E-state index contributed by atoms with van der Waals surface area (Å²) < 4.78 is 5.28. The van der Waals surface area contributed by atoms with Crippen LogP contribution in [-0.4, -0.2) is 31.8 Å². The van der Waals surface area contributed by atoms with Crippen molar-refractivity contribution >= 4 is 11.6 Å². The number of benzene rings is 1. The fraction of sp³-hybridized carbons (Fsp3) is 0.462. The Kier molecular flexibility index (Phi) is 3.07. The monoisotopic (exact) mass is 233 g/mol. The highest BCUT2D eigenvalue weighted by Crippen LogP contribution is 2.28. The maximum atomic E-state index is 5.98. The standard InChI is InChI=1S/C13H19N3O/c1-10-4-6-11(7-5-10)16-12(14)15-8-13(16,2)9-17-3/h4-7H,8-9H2,1-3H3,(H2,14,15). The van der Waals surface area contributed by atoms with Gasteiger partial charge in [0.25, 0.3) is 0 Å². The zero-order chi connectivity index (χ0) is 12.5. The zero-order valence-electron chi connectivity index (χ0n) is 10.6. The van der Waals surface area contributed by atoms with Gasteiger partial charge >= 0.3 is 0 Å². The Morgan fingerprint density at radius 3 is 2.65 bits per heavy atom. The molecule has 2 N–H and O–H groups in total. The van der Waals surface area contributed by atoms with Gasteiger partial charge in [-0.3, -0.25) is 4.99 Å². The molecule has 0 bridgehead atoms. The third-order valence-electron chi connectivity index (χ3n) is 3.10. The van der Waals surface area contributed by atoms with Gasteiger partial charge in [-0.2, -0.15) is 0 Å². The Hall–Kier alpha value is -1.55. The van der Waals surface area contributed by atoms with E-state index in [1.807, 2.05) is 0 Å². The summed E-state index contributed by atoms with van der Waals surface area (Å²) >= 11 is 0. The molecule has 1 aromatic carbocycles. The van der Waals surface area contributed by atoms with Crippen molar-refractivity contribution in [1.29, 1.82) is 0 Å². The first-order valence-electron chi connectivity index (χ1n) is 5.72. The minimum atomic E-state index is -0.186. The van der Waals surface area contributed by atoms with Crippen LogP contribution >= 0.6 is 0 Å². The lowest BCUT2D eigenvalue weighted by molar-refractivity contribution is 0.149. The topological polar surface area (TPSA) is 50.9 Å². The predicted octanol–water partition coefficient (Wildman–Crippen LogP) is 1.53. The summed E-state index contributed by atoms with van der Waals surface area (Å²) in [7, 11) is 1.70. The van der Waals surface area contributed by atoms with Crippen molar-refractivity contribution in [2.24, 2.45) is 10.7 Å². The Labute approximate surface area is 102 Å². The lowest BCUT2D eigenvalue weighted by atomic mass is 10.0. The molecule has 0 spiro atoms. The molecule has 1 atom stereocenters. The third-order valence-corrected chi connectivity index (χ3v) is 3.10. The summed E-state index contributed by atoms with van der Waals surface area (Å²) in [4.78, 5) is 6.38. The number of nitrogens with zero attached hydrogens (tertiary/aromatic N) is 2. The van der Waals surface area contributed by atoms with Crippen molar-refractivity contribution in [3.8, 4) is 0 Å². The van der Waals surface area contributed by atoms with E-state index in [1.165, 1.54) is 5.56 Å². The van der Waals surface area contributed by atoms with E-state index < -0.39 is 0 Å². The summed E-state index contributed by atoms with van der Waals surface area (Å²) in [6, 6.07) is 8.29. The van der Waals surface area contributed by atoms with Crippen LogP contribution in [0.3, 0.4) is 0 Å². The van der Waals surface area contributed by atoms with Gasteiger partial charge in [0.15, 0.2) is 5.96 Å². The number of nitrogens with two attached hydrogens (primary N) is 1. The molecule has 1 unspecified atom stereocenters. The first-order valence-corrected chi connectivity index (χ1v) is 5.72. The van der Waals surface area contributed by atoms with E-state index >= 15 is 0 Å². The molecule has 17 heavy (non-hydrogen) atoms. The minimum Gasteiger partial charge on any atom is -0.382 e. The lowest BCUT2D eigenvalue weighted by Crippen LogP contribution is -2.52. The van der Waals surface area contributed by atoms with Crippen molar-refractivity contribution in [2.75, 3.05) is 25.2 Å². The highest BCUT2D eigenvalue weighted by molar-refractivity contribution is 5.98. The Morgan fingerprint density at radius 2 is 2.06 bits per heavy atom. The van der Waals surface area contributed by atoms with Gasteiger partial charge in [-0.15, -0.1) is 0 Å². The lowest BCUT2D eigenvalue weighted by Gasteiger charge is -2.35. The van der Waals surface area contributed by atoms with E-state index in [0.29, 0.717) is 19.1 Å². The second kappa shape index (κ2) is 4.37. The number of hydrogen-bond acceptors (Lipinski definition) is 4. The molecule has 1 aromatic rings. The van der Waals surface area contributed by atoms with Crippen molar-refractivity contribution < 1.29 is 4.74 Å². The average molecular weight is 233 g/mol. The van der Waals surface area contributed by atoms with Crippen molar-refractivity contribution in [3.63, 3.8) is 0 Å². The van der Waals surface area contributed by atoms with E-state index in [-0.39, 0.29) is 5.54 Å². The highest BCUT2D eigenvalue weighted by atomic mass is 16.5. The maximum Gasteiger partial charge on any atom is 0.196 e. The molecule has 0 saturated carbocycles. The van der Waals surface area contributed by atoms with Crippen LogP contribution in [0.1, 0.15) is 12.5 Å². The van der Waals surface area contributed by atoms with Gasteiger partial charge in [-0.05, 0) is 26.0 Å². The molecule has 4 nitrogen and oxygen atoms in total. The zero-order valence-corrected chi connectivity index (χ0v) is 10.6. The number of guanidine groups is 1. The molecule has 1 heterocycles. The number of aliphatic imine (C=N–C) groups is 1. The van der Waals surface area contributed by atoms with E-state index in [0.717, 1.165) is 5.69 Å². The molecule has 4 heteroatoms. The van der Waals surface area contributed by atoms with Crippen LogP contribution in [0.2, 0.25) is 0 Å². The molecular weight excluding hydrogens is 214 g/mol. The largest absolute Gasteiger partial charge is 0.382 e. The first kappa shape index (κ1) is 11.9. The molecule has 92 valence electrons. The molecule has 0 saturated heterocycles. The molecule has 1 aliphatic heterocycles. The van der Waals surface area contributed by atoms with Crippen molar-refractivity contribution in [3.05, 3.63) is 29.8 Å². The van der Waals surface area contributed by atoms with E-state index in [9.17, 15) is 0 Å². The summed E-state index contributed by atoms with van der Waals surface area (Å²) in [5.41, 5.74) is 8.09. The van der Waals surface area contributed by atoms with Crippen LogP contribution in [0, 0.1) is 6.92 Å². The van der Waals surface area contributed by atoms with Gasteiger partial charge in [0, 0.05) is 12.8 Å². The summed E-state index contributed by atoms with van der Waals surface area (Å²) in [5, 5.41) is 0. The summed E-state index contributed by atoms with van der Waals surface area (Å²) in [6.45, 7) is 5.45. The fourth-order valence-corrected chi connectivity index (χ4v) is 2.23. The van der Waals surface area contributed by atoms with Gasteiger partial charge in [0.2, 0.25) is 0 Å². The number of rotatable bonds is 3. The molecule has 1 aliphatic rings. The minimum absolute atomic E-state index is 0.186. The second-order valence-electron chi connectivity index (χ2n) is 4.78. The van der Waals surface area contributed by atoms with Crippen LogP contribution in [0.25, 0.3) is 0 Å². The molecule has 0 radical (unpaired) electrons. The molecular formula is C13H19N3O. The summed E-state index contributed by atoms with van der Waals surface area (Å²) in [5.74, 6) is 0.563. The predicted molar refractivity (Wildman–Crippen MR) is 70.4 cm³/mol. The number of aryl methyl sites for hydroxylation is 1. The van der Waals surface area contributed by atoms with E-state index in [2.05, 4.69) is 48.0 Å². The molecule has 0 aromatic heterocycles. The number of methoxy groups -OCH3 is 1. The highest BCUT2D eigenvalue weighted by Gasteiger charge is 2.38. The van der Waals surface area contributed by atoms with Gasteiger partial charge in [-0.25, -0.2) is 0 Å². The van der Waals surface area contributed by atoms with Crippen LogP contribution in [-0.2, 0) is 4.74 Å². The smallest absolute Gasteiger partial charge is 0.196 e. The molecule has 0 amide bonds. The van der Waals surface area contributed by atoms with Gasteiger partial charge in [-0.1, -0.05) is 17.7 Å². The Bertz CT molecular complexity index is 427. The van der Waals surface area contributed by atoms with Crippen LogP contribution in [0.15, 0.2) is 29.3 Å². The maximum absolute atomic E-state index is 5.98. The molecule has 0 aliphatic carbocycles. The number of hydrogen-bond donors (Lipinski definition) is 1. The van der Waals surface area contributed by atoms with Crippen molar-refractivity contribution in [1.82, 2.24) is 0 Å². The van der Waals surface area contributed by atoms with Gasteiger partial charge in [0.1, 0.15) is 0 Å². The van der Waals surface area contributed by atoms with Crippen LogP contribution in [0.5, 0.6) is 0 Å². The SMILES string of the molecule is COCC1(C)CN=C(N)N1c1ccc(C)cc1. The van der Waals surface area contributed by atoms with Gasteiger partial charge in [0.05, 0.1) is 18.7 Å². The summed E-state index contributed by atoms with van der Waals surface area (Å²) in [6.07, 6.45) is 0. The number of anilines is 1. The van der Waals surface area contributed by atoms with Crippen LogP contribution in [0.4, 0.5) is 5.69 Å². The van der Waals surface area contributed by atoms with Crippen molar-refractivity contribution in [2.45, 2.75) is 19.4 Å². The van der Waals surface area contributed by atoms with E-state index in [1.54, 1.807) is 7.11 Å². The van der Waals surface area contributed by atoms with Crippen LogP contribution < -0.4 is 10.6 Å². The third kappa shape index (κ3) is 2.13. The first-order chi connectivity index (χ1) is 8.07. The van der Waals surface area contributed by atoms with E-state index in [4.69, 9.17) is 10.5 Å². The molecule has 0 fully saturated rings. The fourth-order valence-electron chi connectivity index (χ4n) is 2.23.